The van der Waals surface area contributed by atoms with Crippen LogP contribution in [-0.2, 0) is 0 Å². The van der Waals surface area contributed by atoms with E-state index < -0.39 is 11.6 Å². The summed E-state index contributed by atoms with van der Waals surface area (Å²) in [6.07, 6.45) is 0. The number of benzene rings is 2. The second-order valence-electron chi connectivity index (χ2n) is 3.70. The minimum atomic E-state index is -1.02. The predicted octanol–water partition coefficient (Wildman–Crippen LogP) is 3.65. The minimum Gasteiger partial charge on any atom is -0.452 e. The first kappa shape index (κ1) is 11.4. The molecule has 0 atom stereocenters. The summed E-state index contributed by atoms with van der Waals surface area (Å²) in [5, 5.41) is 0. The van der Waals surface area contributed by atoms with Gasteiger partial charge in [0.2, 0.25) is 5.82 Å². The Morgan fingerprint density at radius 3 is 2.59 bits per heavy atom. The summed E-state index contributed by atoms with van der Waals surface area (Å²) in [4.78, 5) is 0. The first-order valence-electron chi connectivity index (χ1n) is 5.06. The van der Waals surface area contributed by atoms with Crippen molar-refractivity contribution in [2.45, 2.75) is 6.92 Å². The van der Waals surface area contributed by atoms with E-state index in [0.717, 1.165) is 11.6 Å². The fourth-order valence-electron chi connectivity index (χ4n) is 1.41. The molecule has 17 heavy (non-hydrogen) atoms. The van der Waals surface area contributed by atoms with E-state index in [9.17, 15) is 8.78 Å². The molecule has 0 saturated carbocycles. The number of nitrogens with two attached hydrogens (primary N) is 1. The SMILES string of the molecule is Cc1ccc(N)c(Oc2cccc(F)c2F)c1. The molecule has 88 valence electrons. The maximum absolute atomic E-state index is 13.4. The molecule has 2 rings (SSSR count). The Balaban J connectivity index is 2.38. The predicted molar refractivity (Wildman–Crippen MR) is 62.0 cm³/mol. The molecule has 0 spiro atoms. The maximum Gasteiger partial charge on any atom is 0.201 e. The van der Waals surface area contributed by atoms with Crippen LogP contribution in [-0.4, -0.2) is 0 Å². The van der Waals surface area contributed by atoms with E-state index in [1.807, 2.05) is 13.0 Å². The summed E-state index contributed by atoms with van der Waals surface area (Å²) >= 11 is 0. The van der Waals surface area contributed by atoms with Crippen LogP contribution in [0.25, 0.3) is 0 Å². The molecular formula is C13H11F2NO. The highest BCUT2D eigenvalue weighted by Crippen LogP contribution is 2.30. The zero-order chi connectivity index (χ0) is 12.4. The molecular weight excluding hydrogens is 224 g/mol. The lowest BCUT2D eigenvalue weighted by Gasteiger charge is -2.10. The molecule has 0 saturated heterocycles. The van der Waals surface area contributed by atoms with Crippen LogP contribution in [0.5, 0.6) is 11.5 Å². The zero-order valence-electron chi connectivity index (χ0n) is 9.21. The van der Waals surface area contributed by atoms with Gasteiger partial charge in [-0.1, -0.05) is 12.1 Å². The zero-order valence-corrected chi connectivity index (χ0v) is 9.21. The van der Waals surface area contributed by atoms with Crippen LogP contribution in [0.2, 0.25) is 0 Å². The van der Waals surface area contributed by atoms with E-state index in [4.69, 9.17) is 10.5 Å². The van der Waals surface area contributed by atoms with Gasteiger partial charge in [0, 0.05) is 0 Å². The molecule has 0 aliphatic rings. The minimum absolute atomic E-state index is 0.178. The van der Waals surface area contributed by atoms with Crippen molar-refractivity contribution in [2.75, 3.05) is 5.73 Å². The third-order valence-corrected chi connectivity index (χ3v) is 2.31. The quantitative estimate of drug-likeness (QED) is 0.806. The average Bonchev–Trinajstić information content (AvgIpc) is 2.30. The largest absolute Gasteiger partial charge is 0.452 e. The van der Waals surface area contributed by atoms with Crippen molar-refractivity contribution < 1.29 is 13.5 Å². The molecule has 2 aromatic rings. The van der Waals surface area contributed by atoms with Crippen LogP contribution in [0.1, 0.15) is 5.56 Å². The molecule has 0 amide bonds. The standard InChI is InChI=1S/C13H11F2NO/c1-8-5-6-10(16)12(7-8)17-11-4-2-3-9(14)13(11)15/h2-7H,16H2,1H3. The second kappa shape index (κ2) is 4.41. The summed E-state index contributed by atoms with van der Waals surface area (Å²) in [5.74, 6) is -1.83. The van der Waals surface area contributed by atoms with Crippen LogP contribution in [0.4, 0.5) is 14.5 Å². The number of rotatable bonds is 2. The van der Waals surface area contributed by atoms with Crippen molar-refractivity contribution in [3.05, 3.63) is 53.6 Å². The van der Waals surface area contributed by atoms with E-state index in [1.165, 1.54) is 12.1 Å². The summed E-state index contributed by atoms with van der Waals surface area (Å²) < 4.78 is 31.6. The number of hydrogen-bond acceptors (Lipinski definition) is 2. The van der Waals surface area contributed by atoms with Crippen molar-refractivity contribution >= 4 is 5.69 Å². The summed E-state index contributed by atoms with van der Waals surface area (Å²) in [5.41, 5.74) is 6.98. The van der Waals surface area contributed by atoms with Gasteiger partial charge < -0.3 is 10.5 Å². The van der Waals surface area contributed by atoms with Gasteiger partial charge in [0.05, 0.1) is 5.69 Å². The Bertz CT molecular complexity index is 555. The Morgan fingerprint density at radius 2 is 1.82 bits per heavy atom. The van der Waals surface area contributed by atoms with Crippen LogP contribution < -0.4 is 10.5 Å². The first-order chi connectivity index (χ1) is 8.08. The van der Waals surface area contributed by atoms with E-state index >= 15 is 0 Å². The fourth-order valence-corrected chi connectivity index (χ4v) is 1.41. The Hall–Kier alpha value is -2.10. The molecule has 0 bridgehead atoms. The Labute approximate surface area is 97.6 Å². The van der Waals surface area contributed by atoms with Gasteiger partial charge in [0.25, 0.3) is 0 Å². The fraction of sp³-hybridized carbons (Fsp3) is 0.0769. The van der Waals surface area contributed by atoms with Crippen LogP contribution in [0, 0.1) is 18.6 Å². The van der Waals surface area contributed by atoms with E-state index in [0.29, 0.717) is 11.4 Å². The Morgan fingerprint density at radius 1 is 1.06 bits per heavy atom. The normalized spacial score (nSPS) is 10.3. The lowest BCUT2D eigenvalue weighted by Crippen LogP contribution is -1.95. The number of halogens is 2. The van der Waals surface area contributed by atoms with Crippen LogP contribution >= 0.6 is 0 Å². The van der Waals surface area contributed by atoms with Gasteiger partial charge in [-0.2, -0.15) is 4.39 Å². The van der Waals surface area contributed by atoms with Gasteiger partial charge in [0.1, 0.15) is 0 Å². The van der Waals surface area contributed by atoms with Gasteiger partial charge in [-0.05, 0) is 36.8 Å². The van der Waals surface area contributed by atoms with Crippen molar-refractivity contribution in [1.29, 1.82) is 0 Å². The molecule has 4 heteroatoms. The summed E-state index contributed by atoms with van der Waals surface area (Å²) in [6, 6.07) is 8.88. The van der Waals surface area contributed by atoms with Gasteiger partial charge >= 0.3 is 0 Å². The topological polar surface area (TPSA) is 35.2 Å². The van der Waals surface area contributed by atoms with Crippen molar-refractivity contribution in [3.63, 3.8) is 0 Å². The van der Waals surface area contributed by atoms with Crippen molar-refractivity contribution in [2.24, 2.45) is 0 Å². The van der Waals surface area contributed by atoms with Gasteiger partial charge in [-0.25, -0.2) is 4.39 Å². The average molecular weight is 235 g/mol. The third-order valence-electron chi connectivity index (χ3n) is 2.31. The molecule has 0 aliphatic heterocycles. The number of ether oxygens (including phenoxy) is 1. The van der Waals surface area contributed by atoms with Crippen molar-refractivity contribution in [3.8, 4) is 11.5 Å². The smallest absolute Gasteiger partial charge is 0.201 e. The first-order valence-corrected chi connectivity index (χ1v) is 5.06. The van der Waals surface area contributed by atoms with Gasteiger partial charge in [-0.3, -0.25) is 0 Å². The van der Waals surface area contributed by atoms with Crippen LogP contribution in [0.3, 0.4) is 0 Å². The highest BCUT2D eigenvalue weighted by atomic mass is 19.2. The molecule has 0 heterocycles. The number of nitrogen functional groups attached to an aromatic ring is 1. The maximum atomic E-state index is 13.4. The molecule has 0 radical (unpaired) electrons. The molecule has 0 aliphatic carbocycles. The molecule has 0 aromatic heterocycles. The third kappa shape index (κ3) is 2.36. The molecule has 2 aromatic carbocycles. The van der Waals surface area contributed by atoms with E-state index in [-0.39, 0.29) is 5.75 Å². The van der Waals surface area contributed by atoms with Gasteiger partial charge in [0.15, 0.2) is 17.3 Å². The molecule has 2 N–H and O–H groups in total. The van der Waals surface area contributed by atoms with E-state index in [2.05, 4.69) is 0 Å². The van der Waals surface area contributed by atoms with Crippen molar-refractivity contribution in [1.82, 2.24) is 0 Å². The highest BCUT2D eigenvalue weighted by Gasteiger charge is 2.11. The van der Waals surface area contributed by atoms with E-state index in [1.54, 1.807) is 12.1 Å². The lowest BCUT2D eigenvalue weighted by atomic mass is 10.2. The Kier molecular flexibility index (Phi) is 2.95. The van der Waals surface area contributed by atoms with Crippen LogP contribution in [0.15, 0.2) is 36.4 Å². The number of aryl methyl sites for hydroxylation is 1. The summed E-state index contributed by atoms with van der Waals surface area (Å²) in [7, 11) is 0. The molecule has 0 fully saturated rings. The number of hydrogen-bond donors (Lipinski definition) is 1. The highest BCUT2D eigenvalue weighted by molar-refractivity contribution is 5.55. The van der Waals surface area contributed by atoms with Gasteiger partial charge in [-0.15, -0.1) is 0 Å². The molecule has 0 unspecified atom stereocenters. The summed E-state index contributed by atoms with van der Waals surface area (Å²) in [6.45, 7) is 1.86. The lowest BCUT2D eigenvalue weighted by molar-refractivity contribution is 0.417. The number of anilines is 1. The molecule has 2 nitrogen and oxygen atoms in total. The monoisotopic (exact) mass is 235 g/mol. The second-order valence-corrected chi connectivity index (χ2v) is 3.70.